The molecule has 0 spiro atoms. The Hall–Kier alpha value is -0.810. The summed E-state index contributed by atoms with van der Waals surface area (Å²) in [6.07, 6.45) is 3.71. The first-order valence-electron chi connectivity index (χ1n) is 7.66. The maximum absolute atomic E-state index is 8.86. The Morgan fingerprint density at radius 2 is 2.29 bits per heavy atom. The van der Waals surface area contributed by atoms with Gasteiger partial charge in [-0.25, -0.2) is 0 Å². The van der Waals surface area contributed by atoms with Crippen LogP contribution in [0.25, 0.3) is 0 Å². The molecule has 0 aliphatic carbocycles. The fourth-order valence-electron chi connectivity index (χ4n) is 3.30. The third-order valence-corrected chi connectivity index (χ3v) is 4.23. The molecule has 21 heavy (non-hydrogen) atoms. The van der Waals surface area contributed by atoms with Crippen LogP contribution in [0.15, 0.2) is 18.2 Å². The second-order valence-electron chi connectivity index (χ2n) is 5.72. The van der Waals surface area contributed by atoms with Gasteiger partial charge >= 0.3 is 0 Å². The van der Waals surface area contributed by atoms with Crippen molar-refractivity contribution in [1.82, 2.24) is 4.90 Å². The summed E-state index contributed by atoms with van der Waals surface area (Å²) in [5.74, 6) is 0. The van der Waals surface area contributed by atoms with E-state index in [0.29, 0.717) is 6.61 Å². The molecule has 1 atom stereocenters. The van der Waals surface area contributed by atoms with Crippen molar-refractivity contribution in [2.24, 2.45) is 0 Å². The molecule has 3 rings (SSSR count). The Balaban J connectivity index is 0.00000161. The van der Waals surface area contributed by atoms with Gasteiger partial charge in [-0.15, -0.1) is 12.4 Å². The van der Waals surface area contributed by atoms with E-state index in [1.54, 1.807) is 0 Å². The van der Waals surface area contributed by atoms with Crippen molar-refractivity contribution in [2.75, 3.05) is 38.2 Å². The molecule has 5 heteroatoms. The minimum atomic E-state index is 0. The number of ether oxygens (including phenoxy) is 1. The van der Waals surface area contributed by atoms with Crippen molar-refractivity contribution in [3.05, 3.63) is 29.3 Å². The number of likely N-dealkylation sites (tertiary alicyclic amines) is 1. The number of hydrogen-bond acceptors (Lipinski definition) is 4. The van der Waals surface area contributed by atoms with Gasteiger partial charge in [-0.3, -0.25) is 4.90 Å². The smallest absolute Gasteiger partial charge is 0.0703 e. The third-order valence-electron chi connectivity index (χ3n) is 4.23. The molecule has 0 saturated carbocycles. The minimum Gasteiger partial charge on any atom is -0.394 e. The van der Waals surface area contributed by atoms with Crippen molar-refractivity contribution in [1.29, 1.82) is 0 Å². The van der Waals surface area contributed by atoms with Gasteiger partial charge in [-0.05, 0) is 36.9 Å². The number of nitrogens with one attached hydrogen (secondary N) is 1. The normalized spacial score (nSPS) is 21.5. The standard InChI is InChI=1S/C16H24N2O2.ClH/c19-9-10-20-15-5-2-8-18(12-15)11-14-4-1-3-13-6-7-17-16(13)14;/h1,3-4,15,17,19H,2,5-12H2;1H. The van der Waals surface area contributed by atoms with Crippen molar-refractivity contribution in [3.8, 4) is 0 Å². The molecule has 0 bridgehead atoms. The lowest BCUT2D eigenvalue weighted by Crippen LogP contribution is -2.39. The summed E-state index contributed by atoms with van der Waals surface area (Å²) >= 11 is 0. The average molecular weight is 313 g/mol. The van der Waals surface area contributed by atoms with Crippen LogP contribution < -0.4 is 5.32 Å². The molecule has 1 aromatic carbocycles. The van der Waals surface area contributed by atoms with Gasteiger partial charge in [0.15, 0.2) is 0 Å². The van der Waals surface area contributed by atoms with Gasteiger partial charge in [0.25, 0.3) is 0 Å². The van der Waals surface area contributed by atoms with Gasteiger partial charge < -0.3 is 15.2 Å². The number of rotatable bonds is 5. The minimum absolute atomic E-state index is 0. The molecule has 2 N–H and O–H groups in total. The predicted molar refractivity (Wildman–Crippen MR) is 87.2 cm³/mol. The van der Waals surface area contributed by atoms with E-state index in [1.165, 1.54) is 23.2 Å². The van der Waals surface area contributed by atoms with E-state index >= 15 is 0 Å². The molecule has 1 fully saturated rings. The van der Waals surface area contributed by atoms with Gasteiger partial charge in [-0.1, -0.05) is 18.2 Å². The molecule has 1 unspecified atom stereocenters. The number of benzene rings is 1. The first-order valence-corrected chi connectivity index (χ1v) is 7.66. The fraction of sp³-hybridized carbons (Fsp3) is 0.625. The van der Waals surface area contributed by atoms with E-state index in [9.17, 15) is 0 Å². The quantitative estimate of drug-likeness (QED) is 0.873. The van der Waals surface area contributed by atoms with E-state index in [0.717, 1.165) is 39.0 Å². The molecular weight excluding hydrogens is 288 g/mol. The number of fused-ring (bicyclic) bond motifs is 1. The number of hydrogen-bond donors (Lipinski definition) is 2. The van der Waals surface area contributed by atoms with Crippen LogP contribution in [-0.2, 0) is 17.7 Å². The van der Waals surface area contributed by atoms with Crippen molar-refractivity contribution in [2.45, 2.75) is 31.9 Å². The first-order chi connectivity index (χ1) is 9.86. The van der Waals surface area contributed by atoms with E-state index in [2.05, 4.69) is 28.4 Å². The van der Waals surface area contributed by atoms with Gasteiger partial charge in [-0.2, -0.15) is 0 Å². The number of para-hydroxylation sites is 1. The summed E-state index contributed by atoms with van der Waals surface area (Å²) in [4.78, 5) is 2.47. The van der Waals surface area contributed by atoms with Gasteiger partial charge in [0.2, 0.25) is 0 Å². The number of halogens is 1. The van der Waals surface area contributed by atoms with Crippen molar-refractivity contribution in [3.63, 3.8) is 0 Å². The number of aliphatic hydroxyl groups excluding tert-OH is 1. The van der Waals surface area contributed by atoms with Gasteiger partial charge in [0, 0.05) is 25.3 Å². The molecule has 2 aliphatic heterocycles. The zero-order valence-electron chi connectivity index (χ0n) is 12.4. The molecule has 0 aromatic heterocycles. The fourth-order valence-corrected chi connectivity index (χ4v) is 3.30. The lowest BCUT2D eigenvalue weighted by atomic mass is 10.0. The van der Waals surface area contributed by atoms with E-state index in [1.807, 2.05) is 0 Å². The Morgan fingerprint density at radius 1 is 1.38 bits per heavy atom. The maximum Gasteiger partial charge on any atom is 0.0703 e. The van der Waals surface area contributed by atoms with Gasteiger partial charge in [0.1, 0.15) is 0 Å². The number of piperidine rings is 1. The van der Waals surface area contributed by atoms with Crippen LogP contribution >= 0.6 is 12.4 Å². The molecule has 0 radical (unpaired) electrons. The van der Waals surface area contributed by atoms with Gasteiger partial charge in [0.05, 0.1) is 19.3 Å². The molecule has 1 aromatic rings. The van der Waals surface area contributed by atoms with Crippen molar-refractivity contribution < 1.29 is 9.84 Å². The molecule has 1 saturated heterocycles. The highest BCUT2D eigenvalue weighted by Gasteiger charge is 2.22. The van der Waals surface area contributed by atoms with Crippen LogP contribution in [0.3, 0.4) is 0 Å². The van der Waals surface area contributed by atoms with E-state index in [4.69, 9.17) is 9.84 Å². The highest BCUT2D eigenvalue weighted by Crippen LogP contribution is 2.28. The summed E-state index contributed by atoms with van der Waals surface area (Å²) in [7, 11) is 0. The average Bonchev–Trinajstić information content (AvgIpc) is 2.95. The zero-order chi connectivity index (χ0) is 13.8. The molecule has 4 nitrogen and oxygen atoms in total. The highest BCUT2D eigenvalue weighted by atomic mass is 35.5. The van der Waals surface area contributed by atoms with Crippen LogP contribution in [0, 0.1) is 0 Å². The Labute approximate surface area is 132 Å². The molecule has 2 aliphatic rings. The third kappa shape index (κ3) is 4.10. The van der Waals surface area contributed by atoms with Crippen LogP contribution in [0.4, 0.5) is 5.69 Å². The lowest BCUT2D eigenvalue weighted by molar-refractivity contribution is -0.0162. The first kappa shape index (κ1) is 16.6. The van der Waals surface area contributed by atoms with Crippen LogP contribution in [-0.4, -0.2) is 49.0 Å². The SMILES string of the molecule is Cl.OCCOC1CCCN(Cc2cccc3c2NCC3)C1. The Morgan fingerprint density at radius 3 is 3.14 bits per heavy atom. The summed E-state index contributed by atoms with van der Waals surface area (Å²) in [5, 5.41) is 12.4. The van der Waals surface area contributed by atoms with Crippen molar-refractivity contribution >= 4 is 18.1 Å². The zero-order valence-corrected chi connectivity index (χ0v) is 13.2. The molecule has 2 heterocycles. The summed E-state index contributed by atoms with van der Waals surface area (Å²) < 4.78 is 5.69. The van der Waals surface area contributed by atoms with Crippen LogP contribution in [0.1, 0.15) is 24.0 Å². The maximum atomic E-state index is 8.86. The Kier molecular flexibility index (Phi) is 6.30. The second-order valence-corrected chi connectivity index (χ2v) is 5.72. The summed E-state index contributed by atoms with van der Waals surface area (Å²) in [5.41, 5.74) is 4.21. The predicted octanol–water partition coefficient (Wildman–Crippen LogP) is 2.05. The molecule has 118 valence electrons. The number of aliphatic hydroxyl groups is 1. The van der Waals surface area contributed by atoms with Crippen LogP contribution in [0.5, 0.6) is 0 Å². The number of anilines is 1. The lowest BCUT2D eigenvalue weighted by Gasteiger charge is -2.33. The van der Waals surface area contributed by atoms with E-state index in [-0.39, 0.29) is 25.1 Å². The number of nitrogens with zero attached hydrogens (tertiary/aromatic N) is 1. The van der Waals surface area contributed by atoms with Crippen LogP contribution in [0.2, 0.25) is 0 Å². The monoisotopic (exact) mass is 312 g/mol. The summed E-state index contributed by atoms with van der Waals surface area (Å²) in [6, 6.07) is 6.63. The largest absolute Gasteiger partial charge is 0.394 e. The Bertz CT molecular complexity index is 456. The highest BCUT2D eigenvalue weighted by molar-refractivity contribution is 5.85. The molecular formula is C16H25ClN2O2. The summed E-state index contributed by atoms with van der Waals surface area (Å²) in [6.45, 7) is 4.75. The molecule has 0 amide bonds. The second kappa shape index (κ2) is 7.99. The topological polar surface area (TPSA) is 44.7 Å². The van der Waals surface area contributed by atoms with E-state index < -0.39 is 0 Å².